The molecule has 0 aromatic carbocycles. The van der Waals surface area contributed by atoms with Gasteiger partial charge in [-0.15, -0.1) is 17.9 Å². The summed E-state index contributed by atoms with van der Waals surface area (Å²) in [6.07, 6.45) is 1.31. The third-order valence-corrected chi connectivity index (χ3v) is 4.73. The van der Waals surface area contributed by atoms with Gasteiger partial charge >= 0.3 is 17.8 Å². The monoisotopic (exact) mass is 392 g/mol. The molecule has 0 unspecified atom stereocenters. The second kappa shape index (κ2) is 9.08. The highest BCUT2D eigenvalue weighted by Gasteiger charge is 2.44. The number of amides is 6. The number of nitrogens with one attached hydrogen (secondary N) is 1. The summed E-state index contributed by atoms with van der Waals surface area (Å²) in [5.74, 6) is -3.02. The van der Waals surface area contributed by atoms with Crippen LogP contribution in [-0.2, 0) is 25.7 Å². The van der Waals surface area contributed by atoms with E-state index in [1.807, 2.05) is 17.5 Å². The molecule has 0 saturated carbocycles. The number of rotatable bonds is 9. The third kappa shape index (κ3) is 4.79. The lowest BCUT2D eigenvalue weighted by molar-refractivity contribution is -0.145. The first kappa shape index (κ1) is 20.3. The Balaban J connectivity index is 1.93. The Kier molecular flexibility index (Phi) is 6.83. The molecule has 1 aliphatic heterocycles. The van der Waals surface area contributed by atoms with E-state index in [-0.39, 0.29) is 25.5 Å². The molecule has 1 fully saturated rings. The summed E-state index contributed by atoms with van der Waals surface area (Å²) in [6.45, 7) is 4.75. The maximum absolute atomic E-state index is 12.4. The normalized spacial score (nSPS) is 13.9. The quantitative estimate of drug-likeness (QED) is 0.367. The maximum atomic E-state index is 12.4. The second-order valence-corrected chi connectivity index (χ2v) is 6.67. The Morgan fingerprint density at radius 2 is 1.96 bits per heavy atom. The van der Waals surface area contributed by atoms with Gasteiger partial charge in [0.1, 0.15) is 6.54 Å². The molecule has 27 heavy (non-hydrogen) atoms. The molecule has 2 heterocycles. The molecule has 0 spiro atoms. The van der Waals surface area contributed by atoms with E-state index in [9.17, 15) is 24.0 Å². The van der Waals surface area contributed by atoms with Gasteiger partial charge in [-0.2, -0.15) is 0 Å². The number of imide groups is 2. The highest BCUT2D eigenvalue weighted by Crippen LogP contribution is 2.12. The van der Waals surface area contributed by atoms with E-state index < -0.39 is 30.3 Å². The highest BCUT2D eigenvalue weighted by atomic mass is 32.1. The van der Waals surface area contributed by atoms with Crippen molar-refractivity contribution < 1.29 is 24.0 Å². The summed E-state index contributed by atoms with van der Waals surface area (Å²) in [5, 5.41) is 4.60. The molecule has 2 rings (SSSR count). The van der Waals surface area contributed by atoms with Gasteiger partial charge in [-0.1, -0.05) is 12.1 Å². The molecule has 9 nitrogen and oxygen atoms in total. The van der Waals surface area contributed by atoms with E-state index in [4.69, 9.17) is 0 Å². The van der Waals surface area contributed by atoms with Gasteiger partial charge in [0, 0.05) is 18.0 Å². The largest absolute Gasteiger partial charge is 0.350 e. The van der Waals surface area contributed by atoms with Crippen LogP contribution in [0.5, 0.6) is 0 Å². The van der Waals surface area contributed by atoms with Crippen molar-refractivity contribution in [2.45, 2.75) is 13.5 Å². The zero-order valence-electron chi connectivity index (χ0n) is 14.8. The first-order chi connectivity index (χ1) is 12.9. The Morgan fingerprint density at radius 3 is 2.56 bits per heavy atom. The van der Waals surface area contributed by atoms with Crippen molar-refractivity contribution in [3.63, 3.8) is 0 Å². The van der Waals surface area contributed by atoms with Crippen molar-refractivity contribution >= 4 is 41.0 Å². The molecule has 0 atom stereocenters. The minimum absolute atomic E-state index is 0.114. The first-order valence-electron chi connectivity index (χ1n) is 8.24. The van der Waals surface area contributed by atoms with Crippen LogP contribution < -0.4 is 5.32 Å². The van der Waals surface area contributed by atoms with E-state index in [0.717, 1.165) is 4.88 Å². The van der Waals surface area contributed by atoms with Crippen LogP contribution in [0.15, 0.2) is 30.2 Å². The van der Waals surface area contributed by atoms with Crippen molar-refractivity contribution in [3.8, 4) is 0 Å². The summed E-state index contributed by atoms with van der Waals surface area (Å²) >= 11 is 1.50. The van der Waals surface area contributed by atoms with Gasteiger partial charge in [-0.25, -0.2) is 9.69 Å². The smallest absolute Gasteiger partial charge is 0.335 e. The molecule has 10 heteroatoms. The molecule has 1 saturated heterocycles. The number of carbonyl (C=O) groups excluding carboxylic acids is 5. The van der Waals surface area contributed by atoms with Crippen molar-refractivity contribution in [2.75, 3.05) is 26.2 Å². The number of nitrogens with zero attached hydrogens (tertiary/aromatic N) is 3. The molecule has 6 amide bonds. The number of hydrogen-bond acceptors (Lipinski definition) is 6. The number of carbonyl (C=O) groups is 5. The molecule has 144 valence electrons. The second-order valence-electron chi connectivity index (χ2n) is 5.64. The van der Waals surface area contributed by atoms with Crippen LogP contribution in [0, 0.1) is 0 Å². The lowest BCUT2D eigenvalue weighted by Crippen LogP contribution is -2.46. The minimum Gasteiger partial charge on any atom is -0.350 e. The fraction of sp³-hybridized carbons (Fsp3) is 0.353. The summed E-state index contributed by atoms with van der Waals surface area (Å²) in [7, 11) is 0. The predicted octanol–water partition coefficient (Wildman–Crippen LogP) is 0.190. The zero-order chi connectivity index (χ0) is 20.0. The Bertz CT molecular complexity index is 761. The molecule has 1 N–H and O–H groups in total. The van der Waals surface area contributed by atoms with Crippen LogP contribution in [0.1, 0.15) is 11.8 Å². The van der Waals surface area contributed by atoms with E-state index in [0.29, 0.717) is 16.3 Å². The Labute approximate surface area is 160 Å². The Hall–Kier alpha value is -3.01. The lowest BCUT2D eigenvalue weighted by atomic mass is 10.4. The predicted molar refractivity (Wildman–Crippen MR) is 97.4 cm³/mol. The van der Waals surface area contributed by atoms with Gasteiger partial charge < -0.3 is 10.2 Å². The van der Waals surface area contributed by atoms with Gasteiger partial charge in [0.2, 0.25) is 11.8 Å². The summed E-state index contributed by atoms with van der Waals surface area (Å²) in [6, 6.07) is 2.88. The molecule has 0 radical (unpaired) electrons. The SMILES string of the molecule is C=CCN1C(=O)C(=O)N(CC(=O)N(CC)CC(=O)NCc2cccs2)C1=O. The standard InChI is InChI=1S/C17H20N4O5S/c1-3-7-20-15(24)16(25)21(17(20)26)11-14(23)19(4-2)10-13(22)18-9-12-6-5-8-27-12/h3,5-6,8H,1,4,7,9-11H2,2H3,(H,18,22). The molecular formula is C17H20N4O5S. The Morgan fingerprint density at radius 1 is 1.26 bits per heavy atom. The van der Waals surface area contributed by atoms with Crippen LogP contribution in [0.4, 0.5) is 4.79 Å². The first-order valence-corrected chi connectivity index (χ1v) is 9.12. The summed E-state index contributed by atoms with van der Waals surface area (Å²) in [5.41, 5.74) is 0. The topological polar surface area (TPSA) is 107 Å². The minimum atomic E-state index is -1.06. The number of hydrogen-bond donors (Lipinski definition) is 1. The summed E-state index contributed by atoms with van der Waals surface area (Å²) < 4.78 is 0. The number of thiophene rings is 1. The van der Waals surface area contributed by atoms with Crippen LogP contribution in [-0.4, -0.2) is 70.5 Å². The van der Waals surface area contributed by atoms with Crippen LogP contribution in [0.25, 0.3) is 0 Å². The number of likely N-dealkylation sites (N-methyl/N-ethyl adjacent to an activating group) is 1. The van der Waals surface area contributed by atoms with Crippen molar-refractivity contribution in [3.05, 3.63) is 35.0 Å². The average Bonchev–Trinajstić information content (AvgIpc) is 3.24. The third-order valence-electron chi connectivity index (χ3n) is 3.85. The van der Waals surface area contributed by atoms with Crippen molar-refractivity contribution in [1.29, 1.82) is 0 Å². The molecule has 0 bridgehead atoms. The average molecular weight is 392 g/mol. The van der Waals surface area contributed by atoms with Gasteiger partial charge in [-0.3, -0.25) is 24.1 Å². The van der Waals surface area contributed by atoms with E-state index in [1.165, 1.54) is 22.3 Å². The van der Waals surface area contributed by atoms with Crippen LogP contribution in [0.2, 0.25) is 0 Å². The van der Waals surface area contributed by atoms with Gasteiger partial charge in [0.05, 0.1) is 13.1 Å². The molecule has 1 aliphatic rings. The van der Waals surface area contributed by atoms with Crippen LogP contribution >= 0.6 is 11.3 Å². The van der Waals surface area contributed by atoms with E-state index >= 15 is 0 Å². The van der Waals surface area contributed by atoms with Crippen molar-refractivity contribution in [2.24, 2.45) is 0 Å². The van der Waals surface area contributed by atoms with E-state index in [2.05, 4.69) is 11.9 Å². The van der Waals surface area contributed by atoms with Gasteiger partial charge in [0.15, 0.2) is 0 Å². The highest BCUT2D eigenvalue weighted by molar-refractivity contribution is 7.09. The lowest BCUT2D eigenvalue weighted by Gasteiger charge is -2.22. The molecule has 1 aromatic rings. The molecule has 1 aromatic heterocycles. The molecule has 0 aliphatic carbocycles. The number of urea groups is 1. The zero-order valence-corrected chi connectivity index (χ0v) is 15.7. The van der Waals surface area contributed by atoms with E-state index in [1.54, 1.807) is 6.92 Å². The summed E-state index contributed by atoms with van der Waals surface area (Å²) in [4.78, 5) is 63.8. The van der Waals surface area contributed by atoms with Gasteiger partial charge in [0.25, 0.3) is 0 Å². The van der Waals surface area contributed by atoms with Gasteiger partial charge in [-0.05, 0) is 18.4 Å². The van der Waals surface area contributed by atoms with Crippen LogP contribution in [0.3, 0.4) is 0 Å². The maximum Gasteiger partial charge on any atom is 0.335 e. The fourth-order valence-electron chi connectivity index (χ4n) is 2.42. The fourth-order valence-corrected chi connectivity index (χ4v) is 3.06. The van der Waals surface area contributed by atoms with Crippen molar-refractivity contribution in [1.82, 2.24) is 20.0 Å². The molecular weight excluding hydrogens is 372 g/mol.